The van der Waals surface area contributed by atoms with Crippen molar-refractivity contribution < 1.29 is 14.6 Å². The van der Waals surface area contributed by atoms with Crippen LogP contribution in [0.1, 0.15) is 36.7 Å². The molecule has 0 aliphatic carbocycles. The summed E-state index contributed by atoms with van der Waals surface area (Å²) in [6, 6.07) is 5.11. The molecule has 0 bridgehead atoms. The van der Waals surface area contributed by atoms with Crippen LogP contribution in [0.5, 0.6) is 5.75 Å². The lowest BCUT2D eigenvalue weighted by Crippen LogP contribution is -2.40. The molecule has 1 aromatic carbocycles. The number of phenols is 1. The van der Waals surface area contributed by atoms with Gasteiger partial charge in [-0.05, 0) is 39.3 Å². The normalized spacial score (nSPS) is 11.3. The summed E-state index contributed by atoms with van der Waals surface area (Å²) in [5, 5.41) is 12.6. The zero-order valence-corrected chi connectivity index (χ0v) is 11.4. The van der Waals surface area contributed by atoms with Crippen molar-refractivity contribution in [1.29, 1.82) is 0 Å². The molecule has 0 saturated carbocycles. The van der Waals surface area contributed by atoms with E-state index in [1.54, 1.807) is 25.1 Å². The topological polar surface area (TPSA) is 58.6 Å². The van der Waals surface area contributed by atoms with Gasteiger partial charge in [0.2, 0.25) is 0 Å². The van der Waals surface area contributed by atoms with Crippen molar-refractivity contribution in [1.82, 2.24) is 5.32 Å². The highest BCUT2D eigenvalue weighted by atomic mass is 16.5. The zero-order valence-electron chi connectivity index (χ0n) is 11.4. The van der Waals surface area contributed by atoms with Gasteiger partial charge in [0.1, 0.15) is 5.75 Å². The third kappa shape index (κ3) is 3.74. The lowest BCUT2D eigenvalue weighted by atomic mass is 10.1. The molecule has 1 aromatic rings. The first kappa shape index (κ1) is 14.5. The van der Waals surface area contributed by atoms with E-state index in [1.807, 2.05) is 20.8 Å². The molecule has 1 rings (SSSR count). The summed E-state index contributed by atoms with van der Waals surface area (Å²) in [4.78, 5) is 11.9. The fourth-order valence-corrected chi connectivity index (χ4v) is 1.67. The first-order valence-corrected chi connectivity index (χ1v) is 6.08. The van der Waals surface area contributed by atoms with Gasteiger partial charge in [-0.3, -0.25) is 4.79 Å². The van der Waals surface area contributed by atoms with Crippen molar-refractivity contribution in [2.24, 2.45) is 0 Å². The number of carbonyl (C=O) groups excluding carboxylic acids is 1. The summed E-state index contributed by atoms with van der Waals surface area (Å²) in [5.74, 6) is -0.256. The van der Waals surface area contributed by atoms with Gasteiger partial charge in [-0.1, -0.05) is 12.1 Å². The average Bonchev–Trinajstić information content (AvgIpc) is 2.30. The molecule has 4 nitrogen and oxygen atoms in total. The van der Waals surface area contributed by atoms with Crippen LogP contribution in [0.15, 0.2) is 18.2 Å². The molecule has 0 unspecified atom stereocenters. The molecule has 0 aromatic heterocycles. The van der Waals surface area contributed by atoms with Crippen molar-refractivity contribution in [2.75, 3.05) is 13.2 Å². The predicted octanol–water partition coefficient (Wildman–Crippen LogP) is 2.25. The minimum atomic E-state index is -0.413. The number of hydrogen-bond donors (Lipinski definition) is 2. The van der Waals surface area contributed by atoms with E-state index < -0.39 is 5.60 Å². The highest BCUT2D eigenvalue weighted by Gasteiger charge is 2.20. The molecule has 0 aliphatic rings. The standard InChI is InChI=1S/C14H21NO3/c1-5-18-14(3,4)9-15-13(17)11-8-6-7-10(2)12(11)16/h6-8,16H,5,9H2,1-4H3,(H,15,17). The summed E-state index contributed by atoms with van der Waals surface area (Å²) in [7, 11) is 0. The molecule has 0 heterocycles. The van der Waals surface area contributed by atoms with Crippen LogP contribution >= 0.6 is 0 Å². The first-order valence-electron chi connectivity index (χ1n) is 6.08. The number of para-hydroxylation sites is 1. The van der Waals surface area contributed by atoms with E-state index in [9.17, 15) is 9.90 Å². The van der Waals surface area contributed by atoms with Gasteiger partial charge >= 0.3 is 0 Å². The Bertz CT molecular complexity index is 427. The van der Waals surface area contributed by atoms with Gasteiger partial charge < -0.3 is 15.2 Å². The number of ether oxygens (including phenoxy) is 1. The molecule has 0 spiro atoms. The molecule has 2 N–H and O–H groups in total. The maximum absolute atomic E-state index is 11.9. The predicted molar refractivity (Wildman–Crippen MR) is 70.9 cm³/mol. The molecular weight excluding hydrogens is 230 g/mol. The number of aryl methyl sites for hydroxylation is 1. The number of carbonyl (C=O) groups is 1. The first-order chi connectivity index (χ1) is 8.37. The van der Waals surface area contributed by atoms with Gasteiger partial charge in [0.25, 0.3) is 5.91 Å². The second-order valence-electron chi connectivity index (χ2n) is 4.85. The maximum atomic E-state index is 11.9. The quantitative estimate of drug-likeness (QED) is 0.843. The fourth-order valence-electron chi connectivity index (χ4n) is 1.67. The van der Waals surface area contributed by atoms with E-state index in [0.717, 1.165) is 0 Å². The van der Waals surface area contributed by atoms with Crippen LogP contribution in [0.2, 0.25) is 0 Å². The SMILES string of the molecule is CCOC(C)(C)CNC(=O)c1cccc(C)c1O. The highest BCUT2D eigenvalue weighted by molar-refractivity contribution is 5.97. The molecule has 1 amide bonds. The molecule has 4 heteroatoms. The number of benzene rings is 1. The third-order valence-corrected chi connectivity index (χ3v) is 2.69. The van der Waals surface area contributed by atoms with Crippen LogP contribution in [0.25, 0.3) is 0 Å². The van der Waals surface area contributed by atoms with Crippen LogP contribution in [0.3, 0.4) is 0 Å². The van der Waals surface area contributed by atoms with E-state index in [1.165, 1.54) is 0 Å². The summed E-state index contributed by atoms with van der Waals surface area (Å²) >= 11 is 0. The van der Waals surface area contributed by atoms with Crippen molar-refractivity contribution >= 4 is 5.91 Å². The highest BCUT2D eigenvalue weighted by Crippen LogP contribution is 2.21. The van der Waals surface area contributed by atoms with Gasteiger partial charge in [0, 0.05) is 13.2 Å². The Balaban J connectivity index is 2.69. The van der Waals surface area contributed by atoms with Gasteiger partial charge in [-0.2, -0.15) is 0 Å². The van der Waals surface area contributed by atoms with Crippen LogP contribution < -0.4 is 5.32 Å². The average molecular weight is 251 g/mol. The Labute approximate surface area is 108 Å². The van der Waals surface area contributed by atoms with Gasteiger partial charge in [0.05, 0.1) is 11.2 Å². The number of phenolic OH excluding ortho intramolecular Hbond substituents is 1. The van der Waals surface area contributed by atoms with E-state index in [0.29, 0.717) is 24.3 Å². The minimum Gasteiger partial charge on any atom is -0.507 e. The largest absolute Gasteiger partial charge is 0.507 e. The van der Waals surface area contributed by atoms with Crippen molar-refractivity contribution in [2.45, 2.75) is 33.3 Å². The van der Waals surface area contributed by atoms with Gasteiger partial charge in [0.15, 0.2) is 0 Å². The fraction of sp³-hybridized carbons (Fsp3) is 0.500. The number of aromatic hydroxyl groups is 1. The molecule has 18 heavy (non-hydrogen) atoms. The second-order valence-corrected chi connectivity index (χ2v) is 4.85. The number of rotatable bonds is 5. The Hall–Kier alpha value is -1.55. The molecule has 0 atom stereocenters. The molecular formula is C14H21NO3. The molecule has 100 valence electrons. The summed E-state index contributed by atoms with van der Waals surface area (Å²) < 4.78 is 5.49. The van der Waals surface area contributed by atoms with Crippen LogP contribution in [0, 0.1) is 6.92 Å². The van der Waals surface area contributed by atoms with Gasteiger partial charge in [-0.25, -0.2) is 0 Å². The Morgan fingerprint density at radius 3 is 2.72 bits per heavy atom. The number of amides is 1. The zero-order chi connectivity index (χ0) is 13.8. The summed E-state index contributed by atoms with van der Waals surface area (Å²) in [6.45, 7) is 8.48. The molecule has 0 fully saturated rings. The molecule has 0 saturated heterocycles. The van der Waals surface area contributed by atoms with Crippen LogP contribution in [-0.4, -0.2) is 29.8 Å². The van der Waals surface area contributed by atoms with Crippen LogP contribution in [-0.2, 0) is 4.74 Å². The van der Waals surface area contributed by atoms with Gasteiger partial charge in [-0.15, -0.1) is 0 Å². The van der Waals surface area contributed by atoms with Crippen LogP contribution in [0.4, 0.5) is 0 Å². The van der Waals surface area contributed by atoms with E-state index in [2.05, 4.69) is 5.32 Å². The lowest BCUT2D eigenvalue weighted by Gasteiger charge is -2.25. The monoisotopic (exact) mass is 251 g/mol. The molecule has 0 radical (unpaired) electrons. The van der Waals surface area contributed by atoms with E-state index >= 15 is 0 Å². The van der Waals surface area contributed by atoms with E-state index in [-0.39, 0.29) is 11.7 Å². The van der Waals surface area contributed by atoms with Crippen molar-refractivity contribution in [3.63, 3.8) is 0 Å². The van der Waals surface area contributed by atoms with E-state index in [4.69, 9.17) is 4.74 Å². The van der Waals surface area contributed by atoms with Crippen molar-refractivity contribution in [3.05, 3.63) is 29.3 Å². The number of hydrogen-bond acceptors (Lipinski definition) is 3. The molecule has 0 aliphatic heterocycles. The summed E-state index contributed by atoms with van der Waals surface area (Å²) in [6.07, 6.45) is 0. The minimum absolute atomic E-state index is 0.0317. The Morgan fingerprint density at radius 2 is 2.11 bits per heavy atom. The Kier molecular flexibility index (Phi) is 4.73. The second kappa shape index (κ2) is 5.87. The lowest BCUT2D eigenvalue weighted by molar-refractivity contribution is -0.00817. The maximum Gasteiger partial charge on any atom is 0.255 e. The number of nitrogens with one attached hydrogen (secondary N) is 1. The Morgan fingerprint density at radius 1 is 1.44 bits per heavy atom. The smallest absolute Gasteiger partial charge is 0.255 e. The summed E-state index contributed by atoms with van der Waals surface area (Å²) in [5.41, 5.74) is 0.568. The third-order valence-electron chi connectivity index (χ3n) is 2.69. The van der Waals surface area contributed by atoms with Crippen molar-refractivity contribution in [3.8, 4) is 5.75 Å².